The summed E-state index contributed by atoms with van der Waals surface area (Å²) in [5.41, 5.74) is 3.84. The monoisotopic (exact) mass is 451 g/mol. The van der Waals surface area contributed by atoms with Crippen LogP contribution in [0.25, 0.3) is 5.65 Å². The fraction of sp³-hybridized carbons (Fsp3) is 0.583. The zero-order valence-corrected chi connectivity index (χ0v) is 19.6. The second-order valence-electron chi connectivity index (χ2n) is 9.42. The average Bonchev–Trinajstić information content (AvgIpc) is 3.42. The van der Waals surface area contributed by atoms with Crippen LogP contribution in [0, 0.1) is 6.92 Å². The topological polar surface area (TPSA) is 83.0 Å². The predicted octanol–water partition coefficient (Wildman–Crippen LogP) is 2.75. The van der Waals surface area contributed by atoms with Crippen LogP contribution in [0.3, 0.4) is 0 Å². The molecule has 3 aromatic rings. The number of fused-ring (bicyclic) bond motifs is 1. The third kappa shape index (κ3) is 4.65. The normalized spacial score (nSPS) is 18.5. The summed E-state index contributed by atoms with van der Waals surface area (Å²) in [5.74, 6) is 0.0321. The molecular weight excluding hydrogens is 418 g/mol. The lowest BCUT2D eigenvalue weighted by atomic mass is 9.94. The van der Waals surface area contributed by atoms with Gasteiger partial charge in [-0.25, -0.2) is 9.61 Å². The standard InChI is InChI=1S/C24H33N7O2/c1-18-20(27-33-26-18)16-28(2)17-21-23(25-22-10-6-7-11-31(21)22)24(32)30-14-12-29(13-15-30)19-8-4-3-5-9-19/h6-7,10-11,19H,3-5,8-9,12-17H2,1-2H3. The molecule has 0 spiro atoms. The molecule has 9 heteroatoms. The lowest BCUT2D eigenvalue weighted by Crippen LogP contribution is -2.52. The molecule has 1 saturated heterocycles. The Morgan fingerprint density at radius 2 is 1.88 bits per heavy atom. The van der Waals surface area contributed by atoms with Crippen molar-refractivity contribution >= 4 is 11.6 Å². The summed E-state index contributed by atoms with van der Waals surface area (Å²) < 4.78 is 6.86. The molecule has 0 radical (unpaired) electrons. The van der Waals surface area contributed by atoms with E-state index >= 15 is 0 Å². The van der Waals surface area contributed by atoms with E-state index in [4.69, 9.17) is 9.61 Å². The second kappa shape index (κ2) is 9.61. The van der Waals surface area contributed by atoms with E-state index in [-0.39, 0.29) is 5.91 Å². The van der Waals surface area contributed by atoms with E-state index in [1.807, 2.05) is 47.7 Å². The number of rotatable bonds is 6. The van der Waals surface area contributed by atoms with Gasteiger partial charge in [-0.3, -0.25) is 14.6 Å². The number of nitrogens with zero attached hydrogens (tertiary/aromatic N) is 7. The maximum Gasteiger partial charge on any atom is 0.274 e. The first-order valence-electron chi connectivity index (χ1n) is 12.1. The number of imidazole rings is 1. The number of piperazine rings is 1. The molecule has 1 saturated carbocycles. The Balaban J connectivity index is 1.32. The van der Waals surface area contributed by atoms with Crippen molar-refractivity contribution in [3.63, 3.8) is 0 Å². The van der Waals surface area contributed by atoms with Gasteiger partial charge in [0.15, 0.2) is 5.69 Å². The molecule has 1 aliphatic carbocycles. The van der Waals surface area contributed by atoms with Crippen LogP contribution in [0.15, 0.2) is 29.0 Å². The van der Waals surface area contributed by atoms with Crippen molar-refractivity contribution in [2.75, 3.05) is 33.2 Å². The van der Waals surface area contributed by atoms with Gasteiger partial charge in [-0.1, -0.05) is 35.6 Å². The minimum Gasteiger partial charge on any atom is -0.335 e. The SMILES string of the molecule is Cc1nonc1CN(C)Cc1c(C(=O)N2CCN(C3CCCCC3)CC2)nc2ccccn12. The van der Waals surface area contributed by atoms with Gasteiger partial charge in [0.1, 0.15) is 17.0 Å². The lowest BCUT2D eigenvalue weighted by Gasteiger charge is -2.40. The summed E-state index contributed by atoms with van der Waals surface area (Å²) in [6, 6.07) is 6.58. The molecule has 0 N–H and O–H groups in total. The summed E-state index contributed by atoms with van der Waals surface area (Å²) in [7, 11) is 2.01. The summed E-state index contributed by atoms with van der Waals surface area (Å²) in [4.78, 5) is 25.0. The Morgan fingerprint density at radius 1 is 1.09 bits per heavy atom. The van der Waals surface area contributed by atoms with E-state index in [1.54, 1.807) is 0 Å². The lowest BCUT2D eigenvalue weighted by molar-refractivity contribution is 0.0517. The van der Waals surface area contributed by atoms with E-state index in [2.05, 4.69) is 20.1 Å². The molecule has 0 bridgehead atoms. The van der Waals surface area contributed by atoms with Gasteiger partial charge in [-0.05, 0) is 38.9 Å². The van der Waals surface area contributed by atoms with Crippen molar-refractivity contribution in [3.8, 4) is 0 Å². The predicted molar refractivity (Wildman–Crippen MR) is 124 cm³/mol. The fourth-order valence-electron chi connectivity index (χ4n) is 5.22. The van der Waals surface area contributed by atoms with Crippen molar-refractivity contribution in [2.45, 2.75) is 58.2 Å². The van der Waals surface area contributed by atoms with Gasteiger partial charge in [0.05, 0.1) is 5.69 Å². The van der Waals surface area contributed by atoms with Gasteiger partial charge in [-0.2, -0.15) is 0 Å². The van der Waals surface area contributed by atoms with Crippen LogP contribution in [0.1, 0.15) is 59.7 Å². The van der Waals surface area contributed by atoms with Crippen LogP contribution in [0.4, 0.5) is 0 Å². The number of hydrogen-bond donors (Lipinski definition) is 0. The molecule has 3 aromatic heterocycles. The highest BCUT2D eigenvalue weighted by Crippen LogP contribution is 2.24. The summed E-state index contributed by atoms with van der Waals surface area (Å²) >= 11 is 0. The van der Waals surface area contributed by atoms with Crippen LogP contribution in [0.2, 0.25) is 0 Å². The zero-order valence-electron chi connectivity index (χ0n) is 19.6. The van der Waals surface area contributed by atoms with Crippen LogP contribution >= 0.6 is 0 Å². The van der Waals surface area contributed by atoms with Crippen LogP contribution in [0.5, 0.6) is 0 Å². The number of carbonyl (C=O) groups is 1. The highest BCUT2D eigenvalue weighted by Gasteiger charge is 2.30. The number of hydrogen-bond acceptors (Lipinski definition) is 7. The maximum absolute atomic E-state index is 13.6. The van der Waals surface area contributed by atoms with Gasteiger partial charge in [0.2, 0.25) is 0 Å². The van der Waals surface area contributed by atoms with Crippen LogP contribution in [-0.2, 0) is 13.1 Å². The Bertz CT molecular complexity index is 1090. The third-order valence-electron chi connectivity index (χ3n) is 7.11. The number of carbonyl (C=O) groups excluding carboxylic acids is 1. The maximum atomic E-state index is 13.6. The molecule has 9 nitrogen and oxygen atoms in total. The smallest absolute Gasteiger partial charge is 0.274 e. The molecule has 1 aliphatic heterocycles. The molecule has 4 heterocycles. The molecule has 5 rings (SSSR count). The Kier molecular flexibility index (Phi) is 6.41. The largest absolute Gasteiger partial charge is 0.335 e. The first-order valence-corrected chi connectivity index (χ1v) is 12.1. The Labute approximate surface area is 194 Å². The molecule has 0 unspecified atom stereocenters. The van der Waals surface area contributed by atoms with Gasteiger partial charge < -0.3 is 9.30 Å². The van der Waals surface area contributed by atoms with E-state index < -0.39 is 0 Å². The van der Waals surface area contributed by atoms with Gasteiger partial charge >= 0.3 is 0 Å². The molecule has 0 aromatic carbocycles. The van der Waals surface area contributed by atoms with Gasteiger partial charge in [0.25, 0.3) is 5.91 Å². The average molecular weight is 452 g/mol. The fourth-order valence-corrected chi connectivity index (χ4v) is 5.22. The number of amides is 1. The Morgan fingerprint density at radius 3 is 2.61 bits per heavy atom. The third-order valence-corrected chi connectivity index (χ3v) is 7.11. The molecule has 2 fully saturated rings. The van der Waals surface area contributed by atoms with Gasteiger partial charge in [0, 0.05) is 51.5 Å². The molecule has 0 atom stereocenters. The quantitative estimate of drug-likeness (QED) is 0.570. The highest BCUT2D eigenvalue weighted by molar-refractivity contribution is 5.94. The van der Waals surface area contributed by atoms with Crippen molar-refractivity contribution in [1.29, 1.82) is 0 Å². The van der Waals surface area contributed by atoms with Crippen LogP contribution in [-0.4, -0.2) is 79.6 Å². The van der Waals surface area contributed by atoms with Crippen molar-refractivity contribution in [2.24, 2.45) is 0 Å². The van der Waals surface area contributed by atoms with E-state index in [9.17, 15) is 4.79 Å². The first kappa shape index (κ1) is 22.0. The molecule has 33 heavy (non-hydrogen) atoms. The number of aromatic nitrogens is 4. The molecule has 2 aliphatic rings. The van der Waals surface area contributed by atoms with E-state index in [0.29, 0.717) is 24.8 Å². The number of pyridine rings is 1. The van der Waals surface area contributed by atoms with E-state index in [0.717, 1.165) is 48.9 Å². The summed E-state index contributed by atoms with van der Waals surface area (Å²) in [6.45, 7) is 6.49. The Hall–Kier alpha value is -2.78. The number of aryl methyl sites for hydroxylation is 1. The second-order valence-corrected chi connectivity index (χ2v) is 9.42. The van der Waals surface area contributed by atoms with Gasteiger partial charge in [-0.15, -0.1) is 0 Å². The zero-order chi connectivity index (χ0) is 22.8. The van der Waals surface area contributed by atoms with Crippen molar-refractivity contribution < 1.29 is 9.42 Å². The summed E-state index contributed by atoms with van der Waals surface area (Å²) in [5, 5.41) is 7.86. The van der Waals surface area contributed by atoms with Crippen LogP contribution < -0.4 is 0 Å². The first-order chi connectivity index (χ1) is 16.1. The highest BCUT2D eigenvalue weighted by atomic mass is 16.6. The van der Waals surface area contributed by atoms with Crippen molar-refractivity contribution in [3.05, 3.63) is 47.2 Å². The summed E-state index contributed by atoms with van der Waals surface area (Å²) in [6.07, 6.45) is 8.63. The minimum atomic E-state index is 0.0321. The minimum absolute atomic E-state index is 0.0321. The molecule has 176 valence electrons. The molecular formula is C24H33N7O2. The van der Waals surface area contributed by atoms with Crippen molar-refractivity contribution in [1.82, 2.24) is 34.4 Å². The molecule has 1 amide bonds. The van der Waals surface area contributed by atoms with E-state index in [1.165, 1.54) is 32.1 Å².